The van der Waals surface area contributed by atoms with Gasteiger partial charge in [-0.15, -0.1) is 0 Å². The molecule has 0 radical (unpaired) electrons. The molecular weight excluding hydrogens is 156 g/mol. The van der Waals surface area contributed by atoms with Crippen LogP contribution in [0, 0.1) is 0 Å². The summed E-state index contributed by atoms with van der Waals surface area (Å²) in [6.45, 7) is 0.376. The van der Waals surface area contributed by atoms with Crippen molar-refractivity contribution in [2.24, 2.45) is 16.5 Å². The van der Waals surface area contributed by atoms with Gasteiger partial charge in [0.2, 0.25) is 5.91 Å². The molecule has 0 unspecified atom stereocenters. The van der Waals surface area contributed by atoms with Gasteiger partial charge in [-0.1, -0.05) is 0 Å². The van der Waals surface area contributed by atoms with Crippen LogP contribution in [-0.4, -0.2) is 24.5 Å². The number of rotatable bonds is 4. The van der Waals surface area contributed by atoms with E-state index in [0.717, 1.165) is 12.8 Å². The van der Waals surface area contributed by atoms with E-state index in [1.54, 1.807) is 0 Å². The van der Waals surface area contributed by atoms with Crippen molar-refractivity contribution in [3.63, 3.8) is 0 Å². The van der Waals surface area contributed by atoms with Crippen LogP contribution in [-0.2, 0) is 4.79 Å². The van der Waals surface area contributed by atoms with Crippen LogP contribution in [0.2, 0.25) is 0 Å². The molecule has 0 aromatic heterocycles. The van der Waals surface area contributed by atoms with Gasteiger partial charge in [0.25, 0.3) is 0 Å². The second-order valence-electron chi connectivity index (χ2n) is 2.90. The van der Waals surface area contributed by atoms with Gasteiger partial charge in [-0.25, -0.2) is 0 Å². The Hall–Kier alpha value is -1.26. The summed E-state index contributed by atoms with van der Waals surface area (Å²) in [6.07, 6.45) is 2.58. The molecular formula is C7H14N4O. The molecule has 5 nitrogen and oxygen atoms in total. The highest BCUT2D eigenvalue weighted by molar-refractivity contribution is 5.78. The molecule has 0 saturated heterocycles. The molecule has 1 aliphatic carbocycles. The summed E-state index contributed by atoms with van der Waals surface area (Å²) in [5.41, 5.74) is 10.2. The SMILES string of the molecule is NC(N)=NCCC(=O)NC1CC1. The van der Waals surface area contributed by atoms with Gasteiger partial charge in [0.05, 0.1) is 6.54 Å². The Labute approximate surface area is 71.2 Å². The molecule has 0 aliphatic heterocycles. The molecule has 0 bridgehead atoms. The van der Waals surface area contributed by atoms with E-state index in [-0.39, 0.29) is 11.9 Å². The molecule has 5 heteroatoms. The predicted octanol–water partition coefficient (Wildman–Crippen LogP) is -1.07. The Morgan fingerprint density at radius 3 is 2.67 bits per heavy atom. The van der Waals surface area contributed by atoms with Crippen molar-refractivity contribution in [3.05, 3.63) is 0 Å². The van der Waals surface area contributed by atoms with Gasteiger partial charge in [0, 0.05) is 12.5 Å². The summed E-state index contributed by atoms with van der Waals surface area (Å²) in [5, 5.41) is 2.84. The Bertz CT molecular complexity index is 194. The summed E-state index contributed by atoms with van der Waals surface area (Å²) in [4.78, 5) is 14.7. The molecule has 0 heterocycles. The number of carbonyl (C=O) groups is 1. The third kappa shape index (κ3) is 3.80. The van der Waals surface area contributed by atoms with Crippen LogP contribution < -0.4 is 16.8 Å². The van der Waals surface area contributed by atoms with Crippen molar-refractivity contribution >= 4 is 11.9 Å². The van der Waals surface area contributed by atoms with Crippen molar-refractivity contribution in [3.8, 4) is 0 Å². The highest BCUT2D eigenvalue weighted by Crippen LogP contribution is 2.18. The average molecular weight is 170 g/mol. The van der Waals surface area contributed by atoms with E-state index in [4.69, 9.17) is 11.5 Å². The Kier molecular flexibility index (Phi) is 2.90. The van der Waals surface area contributed by atoms with Gasteiger partial charge in [-0.05, 0) is 12.8 Å². The van der Waals surface area contributed by atoms with Gasteiger partial charge < -0.3 is 16.8 Å². The van der Waals surface area contributed by atoms with Gasteiger partial charge >= 0.3 is 0 Å². The molecule has 0 aromatic rings. The second-order valence-corrected chi connectivity index (χ2v) is 2.90. The number of hydrogen-bond donors (Lipinski definition) is 3. The molecule has 1 fully saturated rings. The van der Waals surface area contributed by atoms with Crippen LogP contribution in [0.25, 0.3) is 0 Å². The summed E-state index contributed by atoms with van der Waals surface area (Å²) in [6, 6.07) is 0.414. The Morgan fingerprint density at radius 1 is 1.50 bits per heavy atom. The van der Waals surface area contributed by atoms with Crippen LogP contribution in [0.5, 0.6) is 0 Å². The fourth-order valence-electron chi connectivity index (χ4n) is 0.814. The Balaban J connectivity index is 2.05. The average Bonchev–Trinajstić information content (AvgIpc) is 2.70. The number of aliphatic imine (C=N–C) groups is 1. The first-order valence-corrected chi connectivity index (χ1v) is 4.03. The molecule has 0 atom stereocenters. The minimum atomic E-state index is 0.0301. The number of nitrogens with two attached hydrogens (primary N) is 2. The molecule has 1 rings (SSSR count). The quantitative estimate of drug-likeness (QED) is 0.370. The van der Waals surface area contributed by atoms with Crippen molar-refractivity contribution in [2.75, 3.05) is 6.54 Å². The summed E-state index contributed by atoms with van der Waals surface area (Å²) in [5.74, 6) is 0.0664. The van der Waals surface area contributed by atoms with E-state index in [1.807, 2.05) is 0 Å². The zero-order valence-corrected chi connectivity index (χ0v) is 6.92. The molecule has 0 spiro atoms. The van der Waals surface area contributed by atoms with E-state index in [0.29, 0.717) is 19.0 Å². The molecule has 1 amide bonds. The van der Waals surface area contributed by atoms with E-state index in [2.05, 4.69) is 10.3 Å². The first-order chi connectivity index (χ1) is 5.68. The van der Waals surface area contributed by atoms with Crippen LogP contribution >= 0.6 is 0 Å². The number of amides is 1. The lowest BCUT2D eigenvalue weighted by Gasteiger charge is -1.99. The van der Waals surface area contributed by atoms with Crippen LogP contribution in [0.1, 0.15) is 19.3 Å². The first-order valence-electron chi connectivity index (χ1n) is 4.03. The molecule has 0 aromatic carbocycles. The summed E-state index contributed by atoms with van der Waals surface area (Å²) < 4.78 is 0. The number of hydrogen-bond acceptors (Lipinski definition) is 2. The topological polar surface area (TPSA) is 93.5 Å². The molecule has 1 saturated carbocycles. The van der Waals surface area contributed by atoms with E-state index in [9.17, 15) is 4.79 Å². The minimum Gasteiger partial charge on any atom is -0.370 e. The number of carbonyl (C=O) groups excluding carboxylic acids is 1. The van der Waals surface area contributed by atoms with Crippen molar-refractivity contribution in [1.82, 2.24) is 5.32 Å². The second kappa shape index (κ2) is 3.94. The fourth-order valence-corrected chi connectivity index (χ4v) is 0.814. The van der Waals surface area contributed by atoms with Gasteiger partial charge in [0.1, 0.15) is 0 Å². The van der Waals surface area contributed by atoms with Crippen molar-refractivity contribution < 1.29 is 4.79 Å². The zero-order chi connectivity index (χ0) is 8.97. The van der Waals surface area contributed by atoms with E-state index in [1.165, 1.54) is 0 Å². The Morgan fingerprint density at radius 2 is 2.17 bits per heavy atom. The maximum atomic E-state index is 11.0. The lowest BCUT2D eigenvalue weighted by Crippen LogP contribution is -2.27. The standard InChI is InChI=1S/C7H14N4O/c8-7(9)10-4-3-6(12)11-5-1-2-5/h5H,1-4H2,(H,11,12)(H4,8,9,10). The number of guanidine groups is 1. The predicted molar refractivity (Wildman–Crippen MR) is 46.5 cm³/mol. The molecule has 68 valence electrons. The zero-order valence-electron chi connectivity index (χ0n) is 6.92. The highest BCUT2D eigenvalue weighted by atomic mass is 16.1. The normalized spacial score (nSPS) is 15.3. The van der Waals surface area contributed by atoms with Crippen molar-refractivity contribution in [2.45, 2.75) is 25.3 Å². The maximum absolute atomic E-state index is 11.0. The highest BCUT2D eigenvalue weighted by Gasteiger charge is 2.22. The monoisotopic (exact) mass is 170 g/mol. The molecule has 12 heavy (non-hydrogen) atoms. The van der Waals surface area contributed by atoms with Crippen LogP contribution in [0.4, 0.5) is 0 Å². The lowest BCUT2D eigenvalue weighted by atomic mass is 10.4. The third-order valence-electron chi connectivity index (χ3n) is 1.58. The summed E-state index contributed by atoms with van der Waals surface area (Å²) >= 11 is 0. The smallest absolute Gasteiger partial charge is 0.222 e. The lowest BCUT2D eigenvalue weighted by molar-refractivity contribution is -0.121. The summed E-state index contributed by atoms with van der Waals surface area (Å²) in [7, 11) is 0. The van der Waals surface area contributed by atoms with Crippen LogP contribution in [0.15, 0.2) is 4.99 Å². The maximum Gasteiger partial charge on any atom is 0.222 e. The third-order valence-corrected chi connectivity index (χ3v) is 1.58. The minimum absolute atomic E-state index is 0.0301. The number of nitrogens with one attached hydrogen (secondary N) is 1. The fraction of sp³-hybridized carbons (Fsp3) is 0.714. The largest absolute Gasteiger partial charge is 0.370 e. The van der Waals surface area contributed by atoms with Crippen molar-refractivity contribution in [1.29, 1.82) is 0 Å². The first kappa shape index (κ1) is 8.83. The number of nitrogens with zero attached hydrogens (tertiary/aromatic N) is 1. The van der Waals surface area contributed by atoms with Gasteiger partial charge in [-0.2, -0.15) is 0 Å². The molecule has 5 N–H and O–H groups in total. The van der Waals surface area contributed by atoms with E-state index < -0.39 is 0 Å². The van der Waals surface area contributed by atoms with Gasteiger partial charge in [-0.3, -0.25) is 9.79 Å². The van der Waals surface area contributed by atoms with Gasteiger partial charge in [0.15, 0.2) is 5.96 Å². The van der Waals surface area contributed by atoms with E-state index >= 15 is 0 Å². The molecule has 1 aliphatic rings. The van der Waals surface area contributed by atoms with Crippen LogP contribution in [0.3, 0.4) is 0 Å².